The Kier molecular flexibility index (Phi) is 5.10. The number of aromatic nitrogens is 3. The summed E-state index contributed by atoms with van der Waals surface area (Å²) < 4.78 is 1.66. The summed E-state index contributed by atoms with van der Waals surface area (Å²) in [5.41, 5.74) is 2.91. The molecule has 4 heterocycles. The average molecular weight is 383 g/mol. The van der Waals surface area contributed by atoms with Crippen LogP contribution in [0.5, 0.6) is 0 Å². The van der Waals surface area contributed by atoms with E-state index in [9.17, 15) is 9.90 Å². The van der Waals surface area contributed by atoms with Crippen molar-refractivity contribution in [1.29, 1.82) is 0 Å². The van der Waals surface area contributed by atoms with E-state index >= 15 is 0 Å². The van der Waals surface area contributed by atoms with Gasteiger partial charge in [0.1, 0.15) is 6.54 Å². The summed E-state index contributed by atoms with van der Waals surface area (Å²) in [7, 11) is 0. The zero-order valence-electron chi connectivity index (χ0n) is 16.7. The summed E-state index contributed by atoms with van der Waals surface area (Å²) in [5.74, 6) is 0.0719. The van der Waals surface area contributed by atoms with E-state index in [1.165, 1.54) is 0 Å². The van der Waals surface area contributed by atoms with Crippen LogP contribution < -0.4 is 4.90 Å². The Morgan fingerprint density at radius 3 is 2.75 bits per heavy atom. The minimum atomic E-state index is -0.381. The molecule has 0 aromatic carbocycles. The number of carbonyl (C=O) groups excluding carboxylic acids is 1. The van der Waals surface area contributed by atoms with E-state index in [0.717, 1.165) is 56.0 Å². The maximum absolute atomic E-state index is 12.8. The first kappa shape index (κ1) is 18.9. The Morgan fingerprint density at radius 2 is 2.04 bits per heavy atom. The minimum Gasteiger partial charge on any atom is -0.392 e. The standard InChI is InChI=1S/C21H29N5O2/c1-16-11-18(12-17(2)23-16)24-10-5-19(27)21(14-24)6-3-8-25(15-21)20(28)13-26-9-4-7-22-26/h4,7,9,11-12,19,27H,3,5-6,8,10,13-15H2,1-2H3/t19-,21-/m1/s1. The molecule has 2 aromatic rings. The van der Waals surface area contributed by atoms with Crippen molar-refractivity contribution in [3.63, 3.8) is 0 Å². The van der Waals surface area contributed by atoms with Gasteiger partial charge in [0, 0.05) is 61.1 Å². The fraction of sp³-hybridized carbons (Fsp3) is 0.571. The van der Waals surface area contributed by atoms with E-state index in [0.29, 0.717) is 6.54 Å². The van der Waals surface area contributed by atoms with Crippen LogP contribution in [0.3, 0.4) is 0 Å². The lowest BCUT2D eigenvalue weighted by atomic mass is 9.71. The van der Waals surface area contributed by atoms with Gasteiger partial charge in [0.25, 0.3) is 0 Å². The van der Waals surface area contributed by atoms with Crippen molar-refractivity contribution in [2.45, 2.75) is 45.8 Å². The molecule has 2 aliphatic heterocycles. The summed E-state index contributed by atoms with van der Waals surface area (Å²) in [6, 6.07) is 6.05. The molecular weight excluding hydrogens is 354 g/mol. The van der Waals surface area contributed by atoms with Crippen LogP contribution in [0.1, 0.15) is 30.7 Å². The summed E-state index contributed by atoms with van der Waals surface area (Å²) in [6.07, 6.45) is 5.70. The molecule has 4 rings (SSSR count). The lowest BCUT2D eigenvalue weighted by Gasteiger charge is -2.51. The van der Waals surface area contributed by atoms with Gasteiger partial charge in [0.2, 0.25) is 5.91 Å². The van der Waals surface area contributed by atoms with Crippen molar-refractivity contribution in [3.8, 4) is 0 Å². The maximum Gasteiger partial charge on any atom is 0.244 e. The second-order valence-corrected chi connectivity index (χ2v) is 8.32. The second kappa shape index (κ2) is 7.54. The number of aryl methyl sites for hydroxylation is 2. The SMILES string of the molecule is Cc1cc(N2CC[C@@H](O)[C@]3(CCCN(C(=O)Cn4cccn4)C3)C2)cc(C)n1. The van der Waals surface area contributed by atoms with Crippen LogP contribution in [0.2, 0.25) is 0 Å². The Hall–Kier alpha value is -2.41. The molecule has 7 nitrogen and oxygen atoms in total. The van der Waals surface area contributed by atoms with Gasteiger partial charge >= 0.3 is 0 Å². The van der Waals surface area contributed by atoms with Crippen LogP contribution >= 0.6 is 0 Å². The highest BCUT2D eigenvalue weighted by molar-refractivity contribution is 5.76. The molecular formula is C21H29N5O2. The van der Waals surface area contributed by atoms with Crippen molar-refractivity contribution >= 4 is 11.6 Å². The number of amides is 1. The third-order valence-electron chi connectivity index (χ3n) is 6.13. The predicted molar refractivity (Wildman–Crippen MR) is 107 cm³/mol. The summed E-state index contributed by atoms with van der Waals surface area (Å²) in [5, 5.41) is 15.1. The van der Waals surface area contributed by atoms with Crippen LogP contribution in [-0.2, 0) is 11.3 Å². The molecule has 1 amide bonds. The second-order valence-electron chi connectivity index (χ2n) is 8.32. The number of rotatable bonds is 3. The van der Waals surface area contributed by atoms with Crippen molar-refractivity contribution in [2.75, 3.05) is 31.1 Å². The largest absolute Gasteiger partial charge is 0.392 e. The van der Waals surface area contributed by atoms with E-state index in [4.69, 9.17) is 0 Å². The van der Waals surface area contributed by atoms with Crippen molar-refractivity contribution in [1.82, 2.24) is 19.7 Å². The van der Waals surface area contributed by atoms with Gasteiger partial charge in [-0.3, -0.25) is 14.5 Å². The van der Waals surface area contributed by atoms with Crippen LogP contribution in [0.15, 0.2) is 30.6 Å². The zero-order chi connectivity index (χ0) is 19.7. The molecule has 2 atom stereocenters. The number of aliphatic hydroxyl groups excluding tert-OH is 1. The molecule has 2 saturated heterocycles. The molecule has 2 aromatic heterocycles. The van der Waals surface area contributed by atoms with Gasteiger partial charge in [0.05, 0.1) is 6.10 Å². The van der Waals surface area contributed by atoms with Crippen molar-refractivity contribution < 1.29 is 9.90 Å². The first-order valence-electron chi connectivity index (χ1n) is 10.1. The predicted octanol–water partition coefficient (Wildman–Crippen LogP) is 1.77. The summed E-state index contributed by atoms with van der Waals surface area (Å²) >= 11 is 0. The van der Waals surface area contributed by atoms with Crippen LogP contribution in [-0.4, -0.2) is 63.0 Å². The third-order valence-corrected chi connectivity index (χ3v) is 6.13. The van der Waals surface area contributed by atoms with Gasteiger partial charge < -0.3 is 14.9 Å². The monoisotopic (exact) mass is 383 g/mol. The molecule has 0 bridgehead atoms. The topological polar surface area (TPSA) is 74.5 Å². The molecule has 0 saturated carbocycles. The van der Waals surface area contributed by atoms with E-state index in [1.54, 1.807) is 10.9 Å². The molecule has 0 aliphatic carbocycles. The summed E-state index contributed by atoms with van der Waals surface area (Å²) in [4.78, 5) is 21.6. The van der Waals surface area contributed by atoms with E-state index in [1.807, 2.05) is 31.0 Å². The zero-order valence-corrected chi connectivity index (χ0v) is 16.7. The van der Waals surface area contributed by atoms with Gasteiger partial charge in [0.15, 0.2) is 0 Å². The van der Waals surface area contributed by atoms with E-state index in [2.05, 4.69) is 27.1 Å². The number of piperidine rings is 2. The molecule has 7 heteroatoms. The Balaban J connectivity index is 1.52. The lowest BCUT2D eigenvalue weighted by molar-refractivity contribution is -0.138. The third kappa shape index (κ3) is 3.76. The highest BCUT2D eigenvalue weighted by Crippen LogP contribution is 2.40. The fourth-order valence-corrected chi connectivity index (χ4v) is 4.77. The number of aliphatic hydroxyl groups is 1. The van der Waals surface area contributed by atoms with Crippen LogP contribution in [0, 0.1) is 19.3 Å². The number of nitrogens with zero attached hydrogens (tertiary/aromatic N) is 5. The minimum absolute atomic E-state index is 0.0719. The van der Waals surface area contributed by atoms with Gasteiger partial charge in [-0.15, -0.1) is 0 Å². The smallest absolute Gasteiger partial charge is 0.244 e. The Bertz CT molecular complexity index is 817. The highest BCUT2D eigenvalue weighted by Gasteiger charge is 2.46. The van der Waals surface area contributed by atoms with Gasteiger partial charge in [-0.1, -0.05) is 0 Å². The molecule has 1 N–H and O–H groups in total. The first-order chi connectivity index (χ1) is 13.4. The first-order valence-corrected chi connectivity index (χ1v) is 10.1. The number of likely N-dealkylation sites (tertiary alicyclic amines) is 1. The molecule has 28 heavy (non-hydrogen) atoms. The van der Waals surface area contributed by atoms with Crippen molar-refractivity contribution in [2.24, 2.45) is 5.41 Å². The molecule has 0 unspecified atom stereocenters. The van der Waals surface area contributed by atoms with E-state index in [-0.39, 0.29) is 24.0 Å². The molecule has 2 fully saturated rings. The quantitative estimate of drug-likeness (QED) is 0.874. The van der Waals surface area contributed by atoms with E-state index < -0.39 is 0 Å². The lowest BCUT2D eigenvalue weighted by Crippen LogP contribution is -2.60. The molecule has 2 aliphatic rings. The van der Waals surface area contributed by atoms with Crippen molar-refractivity contribution in [3.05, 3.63) is 42.0 Å². The average Bonchev–Trinajstić information content (AvgIpc) is 3.16. The summed E-state index contributed by atoms with van der Waals surface area (Å²) in [6.45, 7) is 7.24. The highest BCUT2D eigenvalue weighted by atomic mass is 16.3. The van der Waals surface area contributed by atoms with Gasteiger partial charge in [-0.25, -0.2) is 0 Å². The normalized spacial score (nSPS) is 25.3. The molecule has 1 spiro atoms. The number of anilines is 1. The van der Waals surface area contributed by atoms with Gasteiger partial charge in [-0.05, 0) is 51.3 Å². The Labute approximate surface area is 166 Å². The number of hydrogen-bond donors (Lipinski definition) is 1. The number of carbonyl (C=O) groups is 1. The Morgan fingerprint density at radius 1 is 1.25 bits per heavy atom. The van der Waals surface area contributed by atoms with Crippen LogP contribution in [0.25, 0.3) is 0 Å². The fourth-order valence-electron chi connectivity index (χ4n) is 4.77. The number of hydrogen-bond acceptors (Lipinski definition) is 5. The molecule has 150 valence electrons. The maximum atomic E-state index is 12.8. The van der Waals surface area contributed by atoms with Gasteiger partial charge in [-0.2, -0.15) is 5.10 Å². The number of pyridine rings is 1. The van der Waals surface area contributed by atoms with Crippen LogP contribution in [0.4, 0.5) is 5.69 Å². The molecule has 0 radical (unpaired) electrons.